The molecule has 0 saturated carbocycles. The smallest absolute Gasteiger partial charge is 1.00 e. The van der Waals surface area contributed by atoms with Gasteiger partial charge in [-0.05, 0) is 0 Å². The normalized spacial score (nSPS) is 8.76. The van der Waals surface area contributed by atoms with Crippen LogP contribution in [0.4, 0.5) is 0 Å². The van der Waals surface area contributed by atoms with Crippen molar-refractivity contribution >= 4 is 21.7 Å². The van der Waals surface area contributed by atoms with E-state index in [-0.39, 0.29) is 46.5 Å². The van der Waals surface area contributed by atoms with E-state index in [1.807, 2.05) is 24.3 Å². The molecular weight excluding hydrogens is 337 g/mol. The summed E-state index contributed by atoms with van der Waals surface area (Å²) < 4.78 is 0. The van der Waals surface area contributed by atoms with Crippen molar-refractivity contribution in [1.82, 2.24) is 4.98 Å². The molecule has 4 rings (SSSR count). The number of aromatic nitrogens is 1. The van der Waals surface area contributed by atoms with E-state index in [0.717, 1.165) is 5.52 Å². The summed E-state index contributed by atoms with van der Waals surface area (Å²) in [6.07, 6.45) is 2.91. The Labute approximate surface area is 151 Å². The van der Waals surface area contributed by atoms with E-state index in [0.29, 0.717) is 0 Å². The zero-order chi connectivity index (χ0) is 12.2. The molecule has 1 N–H and O–H groups in total. The third-order valence-corrected chi connectivity index (χ3v) is 2.94. The molecule has 0 spiro atoms. The van der Waals surface area contributed by atoms with Gasteiger partial charge in [-0.15, -0.1) is 53.5 Å². The Morgan fingerprint density at radius 3 is 2.19 bits per heavy atom. The van der Waals surface area contributed by atoms with Gasteiger partial charge in [0.1, 0.15) is 0 Å². The molecule has 4 aromatic rings. The second-order valence-electron chi connectivity index (χ2n) is 4.16. The molecule has 0 aliphatic rings. The minimum absolute atomic E-state index is 0. The standard InChI is InChI=1S/C9H7.C8H6N.2ClH.Ti/c1-2-5-9-7-3-6-8(9)4-1;1-2-4-8-7(3-1)5-6-9-8;;;/h1-7H;1-5,9H;2*1H;/q2*-1;;;+4/p-2. The van der Waals surface area contributed by atoms with Crippen LogP contribution in [0.3, 0.4) is 0 Å². The number of rotatable bonds is 0. The zero-order valence-corrected chi connectivity index (χ0v) is 14.3. The summed E-state index contributed by atoms with van der Waals surface area (Å²) in [6, 6.07) is 24.7. The molecule has 4 heteroatoms. The van der Waals surface area contributed by atoms with Crippen molar-refractivity contribution in [3.05, 3.63) is 79.0 Å². The summed E-state index contributed by atoms with van der Waals surface area (Å²) in [7, 11) is 0. The maximum Gasteiger partial charge on any atom is 4.00 e. The summed E-state index contributed by atoms with van der Waals surface area (Å²) in [6.45, 7) is 0. The van der Waals surface area contributed by atoms with Gasteiger partial charge in [-0.1, -0.05) is 18.2 Å². The summed E-state index contributed by atoms with van der Waals surface area (Å²) >= 11 is 0. The third kappa shape index (κ3) is 4.98. The van der Waals surface area contributed by atoms with Gasteiger partial charge in [0.05, 0.1) is 0 Å². The van der Waals surface area contributed by atoms with Crippen molar-refractivity contribution in [1.29, 1.82) is 0 Å². The molecule has 0 aliphatic heterocycles. The van der Waals surface area contributed by atoms with Crippen LogP contribution in [0, 0.1) is 6.20 Å². The fourth-order valence-electron chi connectivity index (χ4n) is 2.00. The molecule has 0 saturated heterocycles. The van der Waals surface area contributed by atoms with Crippen LogP contribution in [0.2, 0.25) is 0 Å². The minimum atomic E-state index is 0. The number of nitrogens with one attached hydrogen (secondary N) is 1. The Bertz CT molecular complexity index is 635. The molecule has 1 aromatic heterocycles. The molecule has 0 atom stereocenters. The summed E-state index contributed by atoms with van der Waals surface area (Å²) in [4.78, 5) is 2.99. The largest absolute Gasteiger partial charge is 4.00 e. The van der Waals surface area contributed by atoms with Crippen molar-refractivity contribution in [3.8, 4) is 0 Å². The van der Waals surface area contributed by atoms with Crippen LogP contribution in [-0.2, 0) is 21.7 Å². The Balaban J connectivity index is 0.000000333. The first-order valence-corrected chi connectivity index (χ1v) is 5.98. The van der Waals surface area contributed by atoms with Gasteiger partial charge in [-0.2, -0.15) is 29.0 Å². The minimum Gasteiger partial charge on any atom is -1.00 e. The van der Waals surface area contributed by atoms with E-state index in [1.54, 1.807) is 0 Å². The second kappa shape index (κ2) is 9.75. The van der Waals surface area contributed by atoms with Gasteiger partial charge < -0.3 is 29.8 Å². The fourth-order valence-corrected chi connectivity index (χ4v) is 2.00. The van der Waals surface area contributed by atoms with E-state index >= 15 is 0 Å². The first kappa shape index (κ1) is 19.9. The monoisotopic (exact) mass is 349 g/mol. The summed E-state index contributed by atoms with van der Waals surface area (Å²) in [5.41, 5.74) is 1.15. The molecule has 0 bridgehead atoms. The average molecular weight is 350 g/mol. The van der Waals surface area contributed by atoms with Crippen LogP contribution < -0.4 is 24.8 Å². The van der Waals surface area contributed by atoms with Gasteiger partial charge in [0.2, 0.25) is 0 Å². The van der Waals surface area contributed by atoms with Gasteiger partial charge in [0.15, 0.2) is 0 Å². The van der Waals surface area contributed by atoms with Gasteiger partial charge >= 0.3 is 21.7 Å². The van der Waals surface area contributed by atoms with Crippen LogP contribution in [0.15, 0.2) is 72.8 Å². The predicted octanol–water partition coefficient (Wildman–Crippen LogP) is -1.47. The van der Waals surface area contributed by atoms with Gasteiger partial charge in [0.25, 0.3) is 0 Å². The number of hydrogen-bond acceptors (Lipinski definition) is 0. The Kier molecular flexibility index (Phi) is 9.24. The van der Waals surface area contributed by atoms with E-state index in [4.69, 9.17) is 0 Å². The number of para-hydroxylation sites is 1. The SMILES string of the molecule is [Cl-].[Cl-].[Ti+4].[c-]1cc2ccccc2[nH]1.c1ccc2[cH-]ccc2c1. The van der Waals surface area contributed by atoms with Crippen molar-refractivity contribution in [2.24, 2.45) is 0 Å². The zero-order valence-electron chi connectivity index (χ0n) is 11.2. The van der Waals surface area contributed by atoms with E-state index in [9.17, 15) is 0 Å². The molecule has 0 amide bonds. The van der Waals surface area contributed by atoms with Gasteiger partial charge in [-0.3, -0.25) is 0 Å². The molecule has 0 unspecified atom stereocenters. The van der Waals surface area contributed by atoms with Gasteiger partial charge in [0, 0.05) is 0 Å². The summed E-state index contributed by atoms with van der Waals surface area (Å²) in [5.74, 6) is 0. The van der Waals surface area contributed by atoms with E-state index in [1.165, 1.54) is 16.2 Å². The van der Waals surface area contributed by atoms with Crippen LogP contribution in [0.25, 0.3) is 21.7 Å². The molecular formula is C17H13Cl2NTi. The molecule has 0 aliphatic carbocycles. The number of aromatic amines is 1. The molecule has 0 fully saturated rings. The van der Waals surface area contributed by atoms with Crippen LogP contribution in [-0.4, -0.2) is 4.98 Å². The van der Waals surface area contributed by atoms with Crippen LogP contribution in [0.5, 0.6) is 0 Å². The number of H-pyrrole nitrogens is 1. The van der Waals surface area contributed by atoms with E-state index < -0.39 is 0 Å². The average Bonchev–Trinajstić information content (AvgIpc) is 3.08. The Hall–Kier alpha value is -1.12. The first-order chi connectivity index (χ1) is 8.93. The predicted molar refractivity (Wildman–Crippen MR) is 76.7 cm³/mol. The number of fused-ring (bicyclic) bond motifs is 2. The molecule has 0 radical (unpaired) electrons. The van der Waals surface area contributed by atoms with Crippen LogP contribution in [0.1, 0.15) is 0 Å². The summed E-state index contributed by atoms with van der Waals surface area (Å²) in [5, 5.41) is 3.88. The second-order valence-corrected chi connectivity index (χ2v) is 4.16. The maximum absolute atomic E-state index is 2.99. The third-order valence-electron chi connectivity index (χ3n) is 2.94. The topological polar surface area (TPSA) is 15.8 Å². The number of hydrogen-bond donors (Lipinski definition) is 1. The quantitative estimate of drug-likeness (QED) is 0.295. The van der Waals surface area contributed by atoms with Gasteiger partial charge in [-0.25, -0.2) is 0 Å². The molecule has 104 valence electrons. The molecule has 1 nitrogen and oxygen atoms in total. The fraction of sp³-hybridized carbons (Fsp3) is 0. The van der Waals surface area contributed by atoms with Crippen molar-refractivity contribution in [2.75, 3.05) is 0 Å². The van der Waals surface area contributed by atoms with Crippen molar-refractivity contribution in [3.63, 3.8) is 0 Å². The number of benzene rings is 2. The van der Waals surface area contributed by atoms with Crippen LogP contribution >= 0.6 is 0 Å². The first-order valence-electron chi connectivity index (χ1n) is 5.98. The maximum atomic E-state index is 2.99. The van der Waals surface area contributed by atoms with Crippen molar-refractivity contribution in [2.45, 2.75) is 0 Å². The number of halogens is 2. The molecule has 21 heavy (non-hydrogen) atoms. The molecule has 3 aromatic carbocycles. The Morgan fingerprint density at radius 2 is 1.48 bits per heavy atom. The van der Waals surface area contributed by atoms with E-state index in [2.05, 4.69) is 59.7 Å². The van der Waals surface area contributed by atoms with Crippen molar-refractivity contribution < 1.29 is 46.5 Å². The Morgan fingerprint density at radius 1 is 0.810 bits per heavy atom. The molecule has 1 heterocycles.